The summed E-state index contributed by atoms with van der Waals surface area (Å²) < 4.78 is 22.5. The quantitative estimate of drug-likeness (QED) is 0.0354. The van der Waals surface area contributed by atoms with Gasteiger partial charge in [0.05, 0.1) is 32.0 Å². The summed E-state index contributed by atoms with van der Waals surface area (Å²) >= 11 is 0. The highest BCUT2D eigenvalue weighted by Crippen LogP contribution is 2.29. The van der Waals surface area contributed by atoms with Crippen LogP contribution in [0.2, 0.25) is 0 Å². The van der Waals surface area contributed by atoms with Crippen molar-refractivity contribution in [2.24, 2.45) is 0 Å². The molecular weight excluding hydrogens is 774 g/mol. The van der Waals surface area contributed by atoms with Crippen molar-refractivity contribution in [1.82, 2.24) is 5.32 Å². The number of allylic oxidation sites excluding steroid dienone is 11. The van der Waals surface area contributed by atoms with E-state index in [1.807, 2.05) is 19.1 Å². The van der Waals surface area contributed by atoms with Crippen LogP contribution in [0.25, 0.3) is 0 Å². The average molecular weight is 852 g/mol. The molecule has 0 aliphatic carbocycles. The monoisotopic (exact) mass is 852 g/mol. The van der Waals surface area contributed by atoms with Crippen molar-refractivity contribution in [2.45, 2.75) is 190 Å². The standard InChI is InChI=1S/C46H77NO13/c1-3-5-7-9-11-13-14-15-16-17-18-19-20-22-24-26-28-30-38(51)47-34(35(50)29-27-25-23-21-12-10-8-6-4-2)33-57-45-43(56)41(54)44(37(32-49)59-45)60-46-42(55)40(53)39(52)36(31-48)58-46/h4-7,11-13,15-16,21,27,29,34-37,39-46,48-50,52-56H,3,8-10,14,17-20,22-26,28,30-33H2,1-2H3,(H,47,51)/b6-4+,7-5-,13-11-,16-15-,21-12+,29-27+. The molecule has 60 heavy (non-hydrogen) atoms. The molecule has 1 amide bonds. The molecule has 2 saturated heterocycles. The molecule has 2 aliphatic heterocycles. The number of ether oxygens (including phenoxy) is 4. The maximum absolute atomic E-state index is 13.1. The summed E-state index contributed by atoms with van der Waals surface area (Å²) in [6.07, 6.45) is 22.7. The Morgan fingerprint density at radius 2 is 1.18 bits per heavy atom. The van der Waals surface area contributed by atoms with E-state index in [9.17, 15) is 45.6 Å². The molecule has 0 radical (unpaired) electrons. The largest absolute Gasteiger partial charge is 0.394 e. The van der Waals surface area contributed by atoms with Gasteiger partial charge in [-0.1, -0.05) is 112 Å². The predicted molar refractivity (Wildman–Crippen MR) is 230 cm³/mol. The van der Waals surface area contributed by atoms with Crippen LogP contribution in [0.3, 0.4) is 0 Å². The van der Waals surface area contributed by atoms with Gasteiger partial charge < -0.3 is 65.1 Å². The summed E-state index contributed by atoms with van der Waals surface area (Å²) in [6, 6.07) is -0.943. The van der Waals surface area contributed by atoms with E-state index in [-0.39, 0.29) is 18.9 Å². The van der Waals surface area contributed by atoms with Crippen molar-refractivity contribution in [3.63, 3.8) is 0 Å². The molecule has 2 rings (SSSR count). The number of unbranched alkanes of at least 4 members (excludes halogenated alkanes) is 9. The fourth-order valence-electron chi connectivity index (χ4n) is 6.81. The van der Waals surface area contributed by atoms with E-state index in [1.54, 1.807) is 6.08 Å². The number of rotatable bonds is 31. The Morgan fingerprint density at radius 3 is 1.83 bits per heavy atom. The summed E-state index contributed by atoms with van der Waals surface area (Å²) in [6.45, 7) is 2.36. The fourth-order valence-corrected chi connectivity index (χ4v) is 6.81. The summed E-state index contributed by atoms with van der Waals surface area (Å²) in [5.74, 6) is -0.273. The normalized spacial score (nSPS) is 29.0. The third-order valence-electron chi connectivity index (χ3n) is 10.4. The Hall–Kier alpha value is -2.57. The van der Waals surface area contributed by atoms with Crippen LogP contribution in [0.15, 0.2) is 72.9 Å². The first-order valence-corrected chi connectivity index (χ1v) is 22.1. The molecule has 14 heteroatoms. The molecule has 344 valence electrons. The van der Waals surface area contributed by atoms with E-state index >= 15 is 0 Å². The number of carbonyl (C=O) groups excluding carboxylic acids is 1. The number of aliphatic hydroxyl groups is 8. The van der Waals surface area contributed by atoms with E-state index in [4.69, 9.17) is 18.9 Å². The highest BCUT2D eigenvalue weighted by molar-refractivity contribution is 5.76. The van der Waals surface area contributed by atoms with Crippen LogP contribution in [0.1, 0.15) is 117 Å². The number of amides is 1. The van der Waals surface area contributed by atoms with Crippen LogP contribution < -0.4 is 5.32 Å². The van der Waals surface area contributed by atoms with Crippen LogP contribution in [0.4, 0.5) is 0 Å². The van der Waals surface area contributed by atoms with E-state index in [2.05, 4.69) is 66.9 Å². The minimum absolute atomic E-state index is 0.254. The first-order chi connectivity index (χ1) is 29.1. The Labute approximate surface area is 358 Å². The topological polar surface area (TPSA) is 228 Å². The maximum Gasteiger partial charge on any atom is 0.220 e. The minimum atomic E-state index is -1.79. The Bertz CT molecular complexity index is 1280. The Morgan fingerprint density at radius 1 is 0.633 bits per heavy atom. The molecule has 14 nitrogen and oxygen atoms in total. The lowest BCUT2D eigenvalue weighted by Crippen LogP contribution is -2.65. The lowest BCUT2D eigenvalue weighted by Gasteiger charge is -2.46. The number of aliphatic hydroxyl groups excluding tert-OH is 8. The zero-order chi connectivity index (χ0) is 44.0. The molecule has 0 aromatic heterocycles. The molecule has 0 aromatic carbocycles. The van der Waals surface area contributed by atoms with Gasteiger partial charge >= 0.3 is 0 Å². The van der Waals surface area contributed by atoms with Gasteiger partial charge in [0.2, 0.25) is 5.91 Å². The zero-order valence-electron chi connectivity index (χ0n) is 35.9. The van der Waals surface area contributed by atoms with Gasteiger partial charge in [-0.2, -0.15) is 0 Å². The molecular formula is C46H77NO13. The SMILES string of the molecule is C/C=C/CC/C=C/CC/C=C/C(O)C(COC1OC(CO)C(OC2OC(CO)C(O)C(O)C2O)C(O)C1O)NC(=O)CCCCCCCCC/C=C\C/C=C\C/C=C\CC. The van der Waals surface area contributed by atoms with Crippen molar-refractivity contribution >= 4 is 5.91 Å². The van der Waals surface area contributed by atoms with Gasteiger partial charge in [-0.05, 0) is 71.1 Å². The fraction of sp³-hybridized carbons (Fsp3) is 0.717. The second-order valence-electron chi connectivity index (χ2n) is 15.4. The van der Waals surface area contributed by atoms with E-state index < -0.39 is 86.8 Å². The summed E-state index contributed by atoms with van der Waals surface area (Å²) in [5.41, 5.74) is 0. The van der Waals surface area contributed by atoms with Crippen LogP contribution in [-0.4, -0.2) is 140 Å². The molecule has 2 fully saturated rings. The van der Waals surface area contributed by atoms with Crippen LogP contribution in [0, 0.1) is 0 Å². The molecule has 2 heterocycles. The van der Waals surface area contributed by atoms with Crippen molar-refractivity contribution in [3.05, 3.63) is 72.9 Å². The highest BCUT2D eigenvalue weighted by atomic mass is 16.7. The molecule has 2 aliphatic rings. The Kier molecular flexibility index (Phi) is 29.5. The van der Waals surface area contributed by atoms with Gasteiger partial charge in [0.15, 0.2) is 12.6 Å². The lowest BCUT2D eigenvalue weighted by atomic mass is 9.97. The third-order valence-corrected chi connectivity index (χ3v) is 10.4. The first kappa shape index (κ1) is 53.6. The van der Waals surface area contributed by atoms with Crippen molar-refractivity contribution in [3.8, 4) is 0 Å². The number of nitrogens with one attached hydrogen (secondary N) is 1. The lowest BCUT2D eigenvalue weighted by molar-refractivity contribution is -0.359. The Balaban J connectivity index is 1.88. The van der Waals surface area contributed by atoms with Crippen molar-refractivity contribution < 1.29 is 64.6 Å². The van der Waals surface area contributed by atoms with Gasteiger partial charge in [-0.3, -0.25) is 4.79 Å². The van der Waals surface area contributed by atoms with Crippen LogP contribution in [-0.2, 0) is 23.7 Å². The van der Waals surface area contributed by atoms with Crippen LogP contribution >= 0.6 is 0 Å². The molecule has 0 bridgehead atoms. The summed E-state index contributed by atoms with van der Waals surface area (Å²) in [5, 5.41) is 86.2. The maximum atomic E-state index is 13.1. The van der Waals surface area contributed by atoms with E-state index in [0.29, 0.717) is 12.8 Å². The van der Waals surface area contributed by atoms with Gasteiger partial charge in [0, 0.05) is 6.42 Å². The zero-order valence-corrected chi connectivity index (χ0v) is 35.9. The number of hydrogen-bond donors (Lipinski definition) is 9. The summed E-state index contributed by atoms with van der Waals surface area (Å²) in [7, 11) is 0. The molecule has 0 spiro atoms. The molecule has 12 atom stereocenters. The second-order valence-corrected chi connectivity index (χ2v) is 15.4. The second kappa shape index (κ2) is 33.0. The molecule has 0 aromatic rings. The van der Waals surface area contributed by atoms with Gasteiger partial charge in [-0.15, -0.1) is 0 Å². The van der Waals surface area contributed by atoms with Crippen molar-refractivity contribution in [1.29, 1.82) is 0 Å². The molecule has 9 N–H and O–H groups in total. The third kappa shape index (κ3) is 21.0. The smallest absolute Gasteiger partial charge is 0.220 e. The summed E-state index contributed by atoms with van der Waals surface area (Å²) in [4.78, 5) is 13.1. The first-order valence-electron chi connectivity index (χ1n) is 22.1. The van der Waals surface area contributed by atoms with Crippen molar-refractivity contribution in [2.75, 3.05) is 19.8 Å². The van der Waals surface area contributed by atoms with Gasteiger partial charge in [0.25, 0.3) is 0 Å². The van der Waals surface area contributed by atoms with Crippen LogP contribution in [0.5, 0.6) is 0 Å². The molecule has 12 unspecified atom stereocenters. The average Bonchev–Trinajstić information content (AvgIpc) is 3.24. The predicted octanol–water partition coefficient (Wildman–Crippen LogP) is 4.09. The van der Waals surface area contributed by atoms with E-state index in [1.165, 1.54) is 6.42 Å². The van der Waals surface area contributed by atoms with Gasteiger partial charge in [0.1, 0.15) is 48.8 Å². The number of carbonyl (C=O) groups is 1. The number of hydrogen-bond acceptors (Lipinski definition) is 13. The van der Waals surface area contributed by atoms with E-state index in [0.717, 1.165) is 77.0 Å². The van der Waals surface area contributed by atoms with Gasteiger partial charge in [-0.25, -0.2) is 0 Å². The minimum Gasteiger partial charge on any atom is -0.394 e. The highest BCUT2D eigenvalue weighted by Gasteiger charge is 2.50. The molecule has 0 saturated carbocycles.